The number of hydrogen-bond donors (Lipinski definition) is 2. The zero-order valence-electron chi connectivity index (χ0n) is 16.7. The SMILES string of the molecule is O[C@@H]([C@H](c1ccccc1)N1CCCCC1)C(O)(c1ccccc1)c1ccccc1. The van der Waals surface area contributed by atoms with E-state index in [-0.39, 0.29) is 6.04 Å². The van der Waals surface area contributed by atoms with Crippen molar-refractivity contribution in [3.63, 3.8) is 0 Å². The van der Waals surface area contributed by atoms with E-state index in [4.69, 9.17) is 0 Å². The van der Waals surface area contributed by atoms with Crippen LogP contribution in [0.2, 0.25) is 0 Å². The van der Waals surface area contributed by atoms with E-state index < -0.39 is 11.7 Å². The van der Waals surface area contributed by atoms with E-state index in [2.05, 4.69) is 17.0 Å². The Morgan fingerprint density at radius 3 is 1.59 bits per heavy atom. The third-order valence-corrected chi connectivity index (χ3v) is 6.08. The van der Waals surface area contributed by atoms with E-state index in [1.807, 2.05) is 78.9 Å². The van der Waals surface area contributed by atoms with Gasteiger partial charge in [0, 0.05) is 0 Å². The van der Waals surface area contributed by atoms with Gasteiger partial charge in [0.15, 0.2) is 0 Å². The molecule has 1 saturated heterocycles. The maximum Gasteiger partial charge on any atom is 0.142 e. The second-order valence-electron chi connectivity index (χ2n) is 7.90. The maximum absolute atomic E-state index is 12.1. The average molecular weight is 388 g/mol. The molecule has 0 bridgehead atoms. The van der Waals surface area contributed by atoms with E-state index in [0.29, 0.717) is 11.1 Å². The van der Waals surface area contributed by atoms with Crippen molar-refractivity contribution in [3.8, 4) is 0 Å². The summed E-state index contributed by atoms with van der Waals surface area (Å²) < 4.78 is 0. The van der Waals surface area contributed by atoms with Crippen LogP contribution in [-0.2, 0) is 5.60 Å². The van der Waals surface area contributed by atoms with E-state index in [0.717, 1.165) is 31.5 Å². The minimum atomic E-state index is -1.51. The van der Waals surface area contributed by atoms with Gasteiger partial charge in [-0.25, -0.2) is 0 Å². The largest absolute Gasteiger partial charge is 0.387 e. The highest BCUT2D eigenvalue weighted by molar-refractivity contribution is 5.39. The van der Waals surface area contributed by atoms with Crippen LogP contribution in [0.15, 0.2) is 91.0 Å². The first-order valence-corrected chi connectivity index (χ1v) is 10.5. The fourth-order valence-corrected chi connectivity index (χ4v) is 4.56. The molecular weight excluding hydrogens is 358 g/mol. The minimum Gasteiger partial charge on any atom is -0.387 e. The van der Waals surface area contributed by atoms with Crippen molar-refractivity contribution < 1.29 is 10.2 Å². The summed E-state index contributed by atoms with van der Waals surface area (Å²) in [5, 5.41) is 24.0. The molecule has 3 aromatic rings. The monoisotopic (exact) mass is 387 g/mol. The number of aliphatic hydroxyl groups excluding tert-OH is 1. The lowest BCUT2D eigenvalue weighted by Gasteiger charge is -2.44. The number of likely N-dealkylation sites (tertiary alicyclic amines) is 1. The molecule has 2 N–H and O–H groups in total. The summed E-state index contributed by atoms with van der Waals surface area (Å²) in [7, 11) is 0. The van der Waals surface area contributed by atoms with Gasteiger partial charge in [-0.05, 0) is 42.6 Å². The summed E-state index contributed by atoms with van der Waals surface area (Å²) in [5.41, 5.74) is 0.931. The highest BCUT2D eigenvalue weighted by Gasteiger charge is 2.45. The molecule has 1 fully saturated rings. The van der Waals surface area contributed by atoms with Crippen LogP contribution in [0.25, 0.3) is 0 Å². The van der Waals surface area contributed by atoms with Gasteiger partial charge in [-0.15, -0.1) is 0 Å². The van der Waals surface area contributed by atoms with Crippen LogP contribution in [0.5, 0.6) is 0 Å². The molecule has 0 unspecified atom stereocenters. The molecule has 3 aromatic carbocycles. The van der Waals surface area contributed by atoms with Gasteiger partial charge in [-0.2, -0.15) is 0 Å². The van der Waals surface area contributed by atoms with Crippen LogP contribution in [-0.4, -0.2) is 34.3 Å². The minimum absolute atomic E-state index is 0.290. The molecule has 4 rings (SSSR count). The molecule has 1 heterocycles. The van der Waals surface area contributed by atoms with Crippen LogP contribution >= 0.6 is 0 Å². The Morgan fingerprint density at radius 2 is 1.10 bits per heavy atom. The molecule has 150 valence electrons. The van der Waals surface area contributed by atoms with E-state index >= 15 is 0 Å². The number of benzene rings is 3. The van der Waals surface area contributed by atoms with Gasteiger partial charge in [0.2, 0.25) is 0 Å². The third-order valence-electron chi connectivity index (χ3n) is 6.08. The lowest BCUT2D eigenvalue weighted by molar-refractivity contribution is -0.0958. The molecule has 0 radical (unpaired) electrons. The number of hydrogen-bond acceptors (Lipinski definition) is 3. The molecule has 1 aliphatic rings. The zero-order chi connectivity index (χ0) is 20.1. The van der Waals surface area contributed by atoms with Crippen molar-refractivity contribution in [1.82, 2.24) is 4.90 Å². The van der Waals surface area contributed by atoms with E-state index in [1.54, 1.807) is 0 Å². The molecular formula is C26H29NO2. The first kappa shape index (κ1) is 19.8. The van der Waals surface area contributed by atoms with Crippen LogP contribution in [0, 0.1) is 0 Å². The third kappa shape index (κ3) is 3.99. The normalized spacial score (nSPS) is 17.6. The van der Waals surface area contributed by atoms with Crippen molar-refractivity contribution >= 4 is 0 Å². The van der Waals surface area contributed by atoms with Gasteiger partial charge < -0.3 is 10.2 Å². The van der Waals surface area contributed by atoms with Gasteiger partial charge in [0.1, 0.15) is 11.7 Å². The molecule has 3 heteroatoms. The van der Waals surface area contributed by atoms with Crippen molar-refractivity contribution in [1.29, 1.82) is 0 Å². The molecule has 2 atom stereocenters. The Labute approximate surface area is 173 Å². The van der Waals surface area contributed by atoms with Gasteiger partial charge in [0.05, 0.1) is 6.04 Å². The fourth-order valence-electron chi connectivity index (χ4n) is 4.56. The summed E-state index contributed by atoms with van der Waals surface area (Å²) >= 11 is 0. The highest BCUT2D eigenvalue weighted by Crippen LogP contribution is 2.41. The lowest BCUT2D eigenvalue weighted by atomic mass is 9.76. The van der Waals surface area contributed by atoms with Crippen molar-refractivity contribution in [2.24, 2.45) is 0 Å². The highest BCUT2D eigenvalue weighted by atomic mass is 16.3. The topological polar surface area (TPSA) is 43.7 Å². The summed E-state index contributed by atoms with van der Waals surface area (Å²) in [5.74, 6) is 0. The first-order valence-electron chi connectivity index (χ1n) is 10.5. The standard InChI is InChI=1S/C26H29NO2/c28-25(24(21-13-5-1-6-14-21)27-19-11-4-12-20-27)26(29,22-15-7-2-8-16-22)23-17-9-3-10-18-23/h1-3,5-10,13-18,24-25,28-29H,4,11-12,19-20H2/t24-,25-/m0/s1. The fraction of sp³-hybridized carbons (Fsp3) is 0.308. The van der Waals surface area contributed by atoms with Crippen LogP contribution < -0.4 is 0 Å². The molecule has 3 nitrogen and oxygen atoms in total. The van der Waals surface area contributed by atoms with Crippen LogP contribution in [0.1, 0.15) is 42.0 Å². The van der Waals surface area contributed by atoms with E-state index in [9.17, 15) is 10.2 Å². The van der Waals surface area contributed by atoms with E-state index in [1.165, 1.54) is 6.42 Å². The van der Waals surface area contributed by atoms with Crippen LogP contribution in [0.4, 0.5) is 0 Å². The second-order valence-corrected chi connectivity index (χ2v) is 7.90. The Balaban J connectivity index is 1.83. The van der Waals surface area contributed by atoms with Gasteiger partial charge >= 0.3 is 0 Å². The molecule has 0 aliphatic carbocycles. The Bertz CT molecular complexity index is 837. The molecule has 0 amide bonds. The summed E-state index contributed by atoms with van der Waals surface area (Å²) in [6.07, 6.45) is 2.43. The molecule has 0 spiro atoms. The molecule has 29 heavy (non-hydrogen) atoms. The summed E-state index contributed by atoms with van der Waals surface area (Å²) in [6, 6.07) is 28.9. The van der Waals surface area contributed by atoms with Crippen LogP contribution in [0.3, 0.4) is 0 Å². The first-order chi connectivity index (χ1) is 14.2. The molecule has 0 saturated carbocycles. The smallest absolute Gasteiger partial charge is 0.142 e. The lowest BCUT2D eigenvalue weighted by Crippen LogP contribution is -2.50. The Morgan fingerprint density at radius 1 is 0.655 bits per heavy atom. The number of nitrogens with zero attached hydrogens (tertiary/aromatic N) is 1. The molecule has 1 aliphatic heterocycles. The maximum atomic E-state index is 12.1. The quantitative estimate of drug-likeness (QED) is 0.654. The van der Waals surface area contributed by atoms with Crippen molar-refractivity contribution in [2.75, 3.05) is 13.1 Å². The summed E-state index contributed by atoms with van der Waals surface area (Å²) in [4.78, 5) is 2.33. The van der Waals surface area contributed by atoms with Gasteiger partial charge in [-0.1, -0.05) is 97.4 Å². The van der Waals surface area contributed by atoms with Crippen molar-refractivity contribution in [2.45, 2.75) is 37.0 Å². The average Bonchev–Trinajstić information content (AvgIpc) is 2.81. The summed E-state index contributed by atoms with van der Waals surface area (Å²) in [6.45, 7) is 1.85. The Hall–Kier alpha value is -2.46. The number of piperidine rings is 1. The molecule has 0 aromatic heterocycles. The number of rotatable bonds is 6. The van der Waals surface area contributed by atoms with Gasteiger partial charge in [0.25, 0.3) is 0 Å². The van der Waals surface area contributed by atoms with Gasteiger partial charge in [-0.3, -0.25) is 4.90 Å². The predicted molar refractivity (Wildman–Crippen MR) is 116 cm³/mol. The number of aliphatic hydroxyl groups is 2. The predicted octanol–water partition coefficient (Wildman–Crippen LogP) is 4.51. The Kier molecular flexibility index (Phi) is 6.10. The second kappa shape index (κ2) is 8.91. The van der Waals surface area contributed by atoms with Crippen molar-refractivity contribution in [3.05, 3.63) is 108 Å². The zero-order valence-corrected chi connectivity index (χ0v) is 16.7.